The molecule has 5 nitrogen and oxygen atoms in total. The van der Waals surface area contributed by atoms with Gasteiger partial charge in [0, 0.05) is 13.2 Å². The average molecular weight is 357 g/mol. The first kappa shape index (κ1) is 19.8. The van der Waals surface area contributed by atoms with Crippen LogP contribution in [-0.4, -0.2) is 32.8 Å². The second kappa shape index (κ2) is 10.5. The van der Waals surface area contributed by atoms with Crippen LogP contribution >= 0.6 is 0 Å². The van der Waals surface area contributed by atoms with Crippen LogP contribution in [0.4, 0.5) is 0 Å². The number of benzene rings is 2. The maximum atomic E-state index is 11.9. The Morgan fingerprint density at radius 3 is 2.62 bits per heavy atom. The van der Waals surface area contributed by atoms with E-state index in [1.165, 1.54) is 0 Å². The molecule has 1 amide bonds. The summed E-state index contributed by atoms with van der Waals surface area (Å²) < 4.78 is 16.6. The molecule has 0 spiro atoms. The largest absolute Gasteiger partial charge is 0.493 e. The van der Waals surface area contributed by atoms with Gasteiger partial charge >= 0.3 is 0 Å². The lowest BCUT2D eigenvalue weighted by Crippen LogP contribution is -2.30. The monoisotopic (exact) mass is 357 g/mol. The normalized spacial score (nSPS) is 11.7. The van der Waals surface area contributed by atoms with E-state index in [2.05, 4.69) is 5.32 Å². The molecule has 0 saturated heterocycles. The zero-order valence-electron chi connectivity index (χ0n) is 15.7. The number of rotatable bonds is 10. The SMILES string of the molecule is COc1cc(C)ccc1OCC(=O)NCCCOC(C)c1ccccc1. The number of hydrogen-bond acceptors (Lipinski definition) is 4. The quantitative estimate of drug-likeness (QED) is 0.659. The lowest BCUT2D eigenvalue weighted by atomic mass is 10.1. The highest BCUT2D eigenvalue weighted by atomic mass is 16.5. The molecule has 2 aromatic rings. The summed E-state index contributed by atoms with van der Waals surface area (Å²) in [6.07, 6.45) is 0.792. The Hall–Kier alpha value is -2.53. The number of nitrogens with one attached hydrogen (secondary N) is 1. The fraction of sp³-hybridized carbons (Fsp3) is 0.381. The van der Waals surface area contributed by atoms with E-state index in [-0.39, 0.29) is 18.6 Å². The van der Waals surface area contributed by atoms with Crippen LogP contribution in [0.3, 0.4) is 0 Å². The molecule has 0 heterocycles. The number of hydrogen-bond donors (Lipinski definition) is 1. The van der Waals surface area contributed by atoms with Crippen molar-refractivity contribution in [2.75, 3.05) is 26.9 Å². The molecule has 1 unspecified atom stereocenters. The van der Waals surface area contributed by atoms with E-state index >= 15 is 0 Å². The van der Waals surface area contributed by atoms with E-state index in [0.29, 0.717) is 24.7 Å². The van der Waals surface area contributed by atoms with Crippen molar-refractivity contribution in [3.05, 3.63) is 59.7 Å². The molecule has 0 aliphatic carbocycles. The van der Waals surface area contributed by atoms with Crippen molar-refractivity contribution < 1.29 is 19.0 Å². The van der Waals surface area contributed by atoms with Gasteiger partial charge in [-0.05, 0) is 43.5 Å². The molecule has 5 heteroatoms. The standard InChI is InChI=1S/C21H27NO4/c1-16-10-11-19(20(14-16)24-3)26-15-21(23)22-12-7-13-25-17(2)18-8-5-4-6-9-18/h4-6,8-11,14,17H,7,12-13,15H2,1-3H3,(H,22,23). The van der Waals surface area contributed by atoms with Crippen LogP contribution in [0.25, 0.3) is 0 Å². The van der Waals surface area contributed by atoms with Gasteiger partial charge < -0.3 is 19.5 Å². The minimum Gasteiger partial charge on any atom is -0.493 e. The molecule has 0 aliphatic rings. The molecule has 0 bridgehead atoms. The predicted octanol–water partition coefficient (Wildman–Crippen LogP) is 3.67. The van der Waals surface area contributed by atoms with Gasteiger partial charge in [0.1, 0.15) is 0 Å². The first-order valence-corrected chi connectivity index (χ1v) is 8.81. The molecule has 26 heavy (non-hydrogen) atoms. The van der Waals surface area contributed by atoms with Crippen LogP contribution in [0.5, 0.6) is 11.5 Å². The van der Waals surface area contributed by atoms with Gasteiger partial charge in [-0.1, -0.05) is 36.4 Å². The predicted molar refractivity (Wildman–Crippen MR) is 102 cm³/mol. The summed E-state index contributed by atoms with van der Waals surface area (Å²) in [5, 5.41) is 2.83. The number of methoxy groups -OCH3 is 1. The third-order valence-electron chi connectivity index (χ3n) is 3.96. The number of ether oxygens (including phenoxy) is 3. The summed E-state index contributed by atoms with van der Waals surface area (Å²) in [7, 11) is 1.58. The number of carbonyl (C=O) groups is 1. The highest BCUT2D eigenvalue weighted by Crippen LogP contribution is 2.27. The summed E-state index contributed by atoms with van der Waals surface area (Å²) in [4.78, 5) is 11.9. The van der Waals surface area contributed by atoms with Crippen molar-refractivity contribution in [2.24, 2.45) is 0 Å². The molecule has 140 valence electrons. The van der Waals surface area contributed by atoms with Gasteiger partial charge in [-0.3, -0.25) is 4.79 Å². The van der Waals surface area contributed by atoms with E-state index in [1.54, 1.807) is 13.2 Å². The first-order chi connectivity index (χ1) is 12.6. The van der Waals surface area contributed by atoms with Gasteiger partial charge in [0.05, 0.1) is 13.2 Å². The second-order valence-electron chi connectivity index (χ2n) is 6.07. The number of amides is 1. The third kappa shape index (κ3) is 6.41. The minimum atomic E-state index is -0.163. The van der Waals surface area contributed by atoms with Crippen molar-refractivity contribution in [2.45, 2.75) is 26.4 Å². The summed E-state index contributed by atoms with van der Waals surface area (Å²) >= 11 is 0. The van der Waals surface area contributed by atoms with Crippen molar-refractivity contribution in [3.63, 3.8) is 0 Å². The Kier molecular flexibility index (Phi) is 7.96. The van der Waals surface area contributed by atoms with Crippen LogP contribution < -0.4 is 14.8 Å². The smallest absolute Gasteiger partial charge is 0.257 e. The van der Waals surface area contributed by atoms with Gasteiger partial charge in [0.25, 0.3) is 5.91 Å². The fourth-order valence-electron chi connectivity index (χ4n) is 2.47. The zero-order valence-corrected chi connectivity index (χ0v) is 15.7. The second-order valence-corrected chi connectivity index (χ2v) is 6.07. The van der Waals surface area contributed by atoms with Crippen molar-refractivity contribution in [1.82, 2.24) is 5.32 Å². The van der Waals surface area contributed by atoms with Crippen LogP contribution in [-0.2, 0) is 9.53 Å². The Morgan fingerprint density at radius 2 is 1.88 bits per heavy atom. The van der Waals surface area contributed by atoms with Gasteiger partial charge in [-0.15, -0.1) is 0 Å². The molecule has 0 fully saturated rings. The first-order valence-electron chi connectivity index (χ1n) is 8.81. The van der Waals surface area contributed by atoms with Crippen LogP contribution in [0, 0.1) is 6.92 Å². The van der Waals surface area contributed by atoms with E-state index in [0.717, 1.165) is 17.5 Å². The number of carbonyl (C=O) groups excluding carboxylic acids is 1. The highest BCUT2D eigenvalue weighted by Gasteiger charge is 2.08. The summed E-state index contributed by atoms with van der Waals surface area (Å²) in [6, 6.07) is 15.7. The Morgan fingerprint density at radius 1 is 1.12 bits per heavy atom. The Balaban J connectivity index is 1.62. The molecular weight excluding hydrogens is 330 g/mol. The van der Waals surface area contributed by atoms with Crippen molar-refractivity contribution in [1.29, 1.82) is 0 Å². The molecule has 0 aliphatic heterocycles. The number of aryl methyl sites for hydroxylation is 1. The van der Waals surface area contributed by atoms with Crippen molar-refractivity contribution in [3.8, 4) is 11.5 Å². The van der Waals surface area contributed by atoms with Gasteiger partial charge in [0.15, 0.2) is 18.1 Å². The molecule has 0 saturated carbocycles. The van der Waals surface area contributed by atoms with Gasteiger partial charge in [0.2, 0.25) is 0 Å². The molecule has 2 rings (SSSR count). The van der Waals surface area contributed by atoms with Crippen LogP contribution in [0.15, 0.2) is 48.5 Å². The van der Waals surface area contributed by atoms with E-state index in [1.807, 2.05) is 56.3 Å². The van der Waals surface area contributed by atoms with Gasteiger partial charge in [-0.2, -0.15) is 0 Å². The van der Waals surface area contributed by atoms with E-state index in [9.17, 15) is 4.79 Å². The van der Waals surface area contributed by atoms with Crippen LogP contribution in [0.1, 0.15) is 30.6 Å². The lowest BCUT2D eigenvalue weighted by Gasteiger charge is -2.14. The molecule has 1 N–H and O–H groups in total. The zero-order chi connectivity index (χ0) is 18.8. The summed E-state index contributed by atoms with van der Waals surface area (Å²) in [6.45, 7) is 5.09. The molecular formula is C21H27NO4. The van der Waals surface area contributed by atoms with Crippen LogP contribution in [0.2, 0.25) is 0 Å². The minimum absolute atomic E-state index is 0.0410. The lowest BCUT2D eigenvalue weighted by molar-refractivity contribution is -0.123. The highest BCUT2D eigenvalue weighted by molar-refractivity contribution is 5.77. The maximum Gasteiger partial charge on any atom is 0.257 e. The fourth-order valence-corrected chi connectivity index (χ4v) is 2.47. The van der Waals surface area contributed by atoms with E-state index < -0.39 is 0 Å². The maximum absolute atomic E-state index is 11.9. The average Bonchev–Trinajstić information content (AvgIpc) is 2.67. The van der Waals surface area contributed by atoms with E-state index in [4.69, 9.17) is 14.2 Å². The molecule has 1 atom stereocenters. The van der Waals surface area contributed by atoms with Crippen molar-refractivity contribution >= 4 is 5.91 Å². The third-order valence-corrected chi connectivity index (χ3v) is 3.96. The molecule has 2 aromatic carbocycles. The van der Waals surface area contributed by atoms with Gasteiger partial charge in [-0.25, -0.2) is 0 Å². The topological polar surface area (TPSA) is 56.8 Å². The summed E-state index contributed by atoms with van der Waals surface area (Å²) in [5.41, 5.74) is 2.22. The molecule has 0 radical (unpaired) electrons. The molecule has 0 aromatic heterocycles. The Bertz CT molecular complexity index is 688. The Labute approximate surface area is 155 Å². The summed E-state index contributed by atoms with van der Waals surface area (Å²) in [5.74, 6) is 1.03.